The smallest absolute Gasteiger partial charge is 0.256 e. The van der Waals surface area contributed by atoms with Gasteiger partial charge in [-0.2, -0.15) is 5.10 Å². The molecule has 0 fully saturated rings. The van der Waals surface area contributed by atoms with E-state index in [4.69, 9.17) is 0 Å². The summed E-state index contributed by atoms with van der Waals surface area (Å²) in [6.07, 6.45) is 1.94. The Kier molecular flexibility index (Phi) is 5.96. The topological polar surface area (TPSA) is 70.1 Å². The van der Waals surface area contributed by atoms with Crippen LogP contribution in [-0.4, -0.2) is 56.3 Å². The Bertz CT molecular complexity index is 970. The molecule has 0 spiro atoms. The summed E-state index contributed by atoms with van der Waals surface area (Å²) in [6.45, 7) is 2.82. The fourth-order valence-electron chi connectivity index (χ4n) is 3.15. The zero-order chi connectivity index (χ0) is 20.3. The predicted molar refractivity (Wildman–Crippen MR) is 110 cm³/mol. The number of rotatable bonds is 6. The monoisotopic (exact) mass is 399 g/mol. The van der Waals surface area contributed by atoms with Crippen LogP contribution < -0.4 is 0 Å². The van der Waals surface area contributed by atoms with Crippen LogP contribution >= 0.6 is 0 Å². The lowest BCUT2D eigenvalue weighted by Gasteiger charge is -2.26. The van der Waals surface area contributed by atoms with Crippen molar-refractivity contribution in [1.82, 2.24) is 9.91 Å². The number of sulfone groups is 1. The Balaban J connectivity index is 1.63. The molecule has 0 aromatic heterocycles. The molecule has 0 aliphatic carbocycles. The molecule has 3 rings (SSSR count). The fraction of sp³-hybridized carbons (Fsp3) is 0.333. The van der Waals surface area contributed by atoms with Crippen LogP contribution in [0.3, 0.4) is 0 Å². The van der Waals surface area contributed by atoms with E-state index >= 15 is 0 Å². The number of hydrazone groups is 1. The third-order valence-corrected chi connectivity index (χ3v) is 6.16. The molecule has 0 radical (unpaired) electrons. The van der Waals surface area contributed by atoms with Crippen molar-refractivity contribution in [1.29, 1.82) is 0 Å². The van der Waals surface area contributed by atoms with Gasteiger partial charge in [0, 0.05) is 18.7 Å². The maximum Gasteiger partial charge on any atom is 0.256 e. The number of hydrogen-bond donors (Lipinski definition) is 0. The van der Waals surface area contributed by atoms with E-state index in [9.17, 15) is 13.2 Å². The third kappa shape index (κ3) is 4.66. The van der Waals surface area contributed by atoms with E-state index in [1.165, 1.54) is 11.3 Å². The average molecular weight is 400 g/mol. The largest absolute Gasteiger partial charge is 0.291 e. The SMILES string of the molecule is CC(c1ccc(S(C)(=O)=O)cc1)N(C)CC(=O)N1CCC(c2ccccc2)=N1. The summed E-state index contributed by atoms with van der Waals surface area (Å²) < 4.78 is 23.2. The zero-order valence-corrected chi connectivity index (χ0v) is 17.2. The summed E-state index contributed by atoms with van der Waals surface area (Å²) in [4.78, 5) is 14.9. The van der Waals surface area contributed by atoms with Gasteiger partial charge >= 0.3 is 0 Å². The summed E-state index contributed by atoms with van der Waals surface area (Å²) in [5.74, 6) is -0.0481. The maximum atomic E-state index is 12.7. The molecule has 28 heavy (non-hydrogen) atoms. The first kappa shape index (κ1) is 20.2. The van der Waals surface area contributed by atoms with Crippen molar-refractivity contribution in [2.45, 2.75) is 24.3 Å². The second kappa shape index (κ2) is 8.24. The van der Waals surface area contributed by atoms with Crippen molar-refractivity contribution >= 4 is 21.5 Å². The van der Waals surface area contributed by atoms with Gasteiger partial charge in [-0.05, 0) is 37.2 Å². The highest BCUT2D eigenvalue weighted by molar-refractivity contribution is 7.90. The Morgan fingerprint density at radius 3 is 2.39 bits per heavy atom. The molecule has 148 valence electrons. The van der Waals surface area contributed by atoms with Gasteiger partial charge in [-0.1, -0.05) is 42.5 Å². The van der Waals surface area contributed by atoms with Gasteiger partial charge in [0.1, 0.15) is 0 Å². The van der Waals surface area contributed by atoms with Crippen LogP contribution in [0.15, 0.2) is 64.6 Å². The van der Waals surface area contributed by atoms with Crippen LogP contribution in [0.2, 0.25) is 0 Å². The number of benzene rings is 2. The van der Waals surface area contributed by atoms with Crippen molar-refractivity contribution in [2.75, 3.05) is 26.4 Å². The molecule has 0 saturated heterocycles. The molecule has 7 heteroatoms. The first-order valence-electron chi connectivity index (χ1n) is 9.19. The fourth-order valence-corrected chi connectivity index (χ4v) is 3.78. The summed E-state index contributed by atoms with van der Waals surface area (Å²) in [5, 5.41) is 6.03. The Hall–Kier alpha value is -2.51. The molecule has 1 unspecified atom stereocenters. The minimum Gasteiger partial charge on any atom is -0.291 e. The molecule has 0 bridgehead atoms. The molecule has 6 nitrogen and oxygen atoms in total. The molecule has 1 atom stereocenters. The highest BCUT2D eigenvalue weighted by Gasteiger charge is 2.24. The second-order valence-electron chi connectivity index (χ2n) is 7.11. The number of nitrogens with zero attached hydrogens (tertiary/aromatic N) is 3. The van der Waals surface area contributed by atoms with E-state index in [-0.39, 0.29) is 18.5 Å². The maximum absolute atomic E-state index is 12.7. The van der Waals surface area contributed by atoms with E-state index < -0.39 is 9.84 Å². The van der Waals surface area contributed by atoms with Gasteiger partial charge in [0.05, 0.1) is 23.7 Å². The van der Waals surface area contributed by atoms with Crippen molar-refractivity contribution in [3.8, 4) is 0 Å². The van der Waals surface area contributed by atoms with Gasteiger partial charge < -0.3 is 0 Å². The van der Waals surface area contributed by atoms with Crippen molar-refractivity contribution in [2.24, 2.45) is 5.10 Å². The Morgan fingerprint density at radius 1 is 1.14 bits per heavy atom. The highest BCUT2D eigenvalue weighted by atomic mass is 32.2. The Morgan fingerprint density at radius 2 is 1.79 bits per heavy atom. The Labute approximate surface area is 166 Å². The normalized spacial score (nSPS) is 15.6. The molecule has 1 aliphatic rings. The lowest BCUT2D eigenvalue weighted by molar-refractivity contribution is -0.132. The standard InChI is InChI=1S/C21H25N3O3S/c1-16(17-9-11-19(12-10-17)28(3,26)27)23(2)15-21(25)24-14-13-20(22-24)18-7-5-4-6-8-18/h4-12,16H,13-15H2,1-3H3. The van der Waals surface area contributed by atoms with Crippen LogP contribution in [0.5, 0.6) is 0 Å². The van der Waals surface area contributed by atoms with Crippen LogP contribution in [0.1, 0.15) is 30.5 Å². The summed E-state index contributed by atoms with van der Waals surface area (Å²) in [7, 11) is -1.33. The quantitative estimate of drug-likeness (QED) is 0.749. The van der Waals surface area contributed by atoms with Crippen molar-refractivity contribution in [3.63, 3.8) is 0 Å². The second-order valence-corrected chi connectivity index (χ2v) is 9.13. The van der Waals surface area contributed by atoms with Crippen LogP contribution in [-0.2, 0) is 14.6 Å². The number of carbonyl (C=O) groups is 1. The molecule has 0 N–H and O–H groups in total. The van der Waals surface area contributed by atoms with Crippen LogP contribution in [0.4, 0.5) is 0 Å². The summed E-state index contributed by atoms with van der Waals surface area (Å²) in [6, 6.07) is 16.7. The van der Waals surface area contributed by atoms with Gasteiger partial charge in [-0.15, -0.1) is 0 Å². The minimum atomic E-state index is -3.21. The van der Waals surface area contributed by atoms with E-state index in [0.29, 0.717) is 11.4 Å². The molecule has 2 aromatic rings. The molecule has 0 saturated carbocycles. The van der Waals surface area contributed by atoms with E-state index in [1.54, 1.807) is 24.3 Å². The minimum absolute atomic E-state index is 0.0299. The first-order valence-corrected chi connectivity index (χ1v) is 11.1. The number of carbonyl (C=O) groups excluding carboxylic acids is 1. The zero-order valence-electron chi connectivity index (χ0n) is 16.4. The van der Waals surface area contributed by atoms with Gasteiger partial charge in [0.15, 0.2) is 9.84 Å². The molecule has 1 amide bonds. The van der Waals surface area contributed by atoms with Gasteiger partial charge in [0.25, 0.3) is 5.91 Å². The van der Waals surface area contributed by atoms with Crippen LogP contribution in [0.25, 0.3) is 0 Å². The van der Waals surface area contributed by atoms with Gasteiger partial charge in [-0.3, -0.25) is 9.69 Å². The highest BCUT2D eigenvalue weighted by Crippen LogP contribution is 2.21. The number of likely N-dealkylation sites (N-methyl/N-ethyl adjacent to an activating group) is 1. The predicted octanol–water partition coefficient (Wildman–Crippen LogP) is 2.72. The molecule has 1 aliphatic heterocycles. The first-order chi connectivity index (χ1) is 13.3. The molecular weight excluding hydrogens is 374 g/mol. The van der Waals surface area contributed by atoms with Gasteiger partial charge in [0.2, 0.25) is 0 Å². The van der Waals surface area contributed by atoms with E-state index in [0.717, 1.165) is 23.3 Å². The molecule has 2 aromatic carbocycles. The van der Waals surface area contributed by atoms with E-state index in [2.05, 4.69) is 5.10 Å². The lowest BCUT2D eigenvalue weighted by Crippen LogP contribution is -2.36. The van der Waals surface area contributed by atoms with E-state index in [1.807, 2.05) is 49.2 Å². The summed E-state index contributed by atoms with van der Waals surface area (Å²) in [5.41, 5.74) is 2.93. The number of amides is 1. The summed E-state index contributed by atoms with van der Waals surface area (Å²) >= 11 is 0. The lowest BCUT2D eigenvalue weighted by atomic mass is 10.1. The number of hydrogen-bond acceptors (Lipinski definition) is 5. The third-order valence-electron chi connectivity index (χ3n) is 5.03. The molecular formula is C21H25N3O3S. The van der Waals surface area contributed by atoms with Crippen molar-refractivity contribution < 1.29 is 13.2 Å². The molecule has 1 heterocycles. The van der Waals surface area contributed by atoms with Crippen molar-refractivity contribution in [3.05, 3.63) is 65.7 Å². The van der Waals surface area contributed by atoms with Crippen LogP contribution in [0, 0.1) is 0 Å². The average Bonchev–Trinajstić information content (AvgIpc) is 3.18. The van der Waals surface area contributed by atoms with Gasteiger partial charge in [-0.25, -0.2) is 13.4 Å².